The molecule has 0 aromatic rings. The van der Waals surface area contributed by atoms with Crippen LogP contribution in [0.15, 0.2) is 0 Å². The molecular weight excluding hydrogens is 188 g/mol. The van der Waals surface area contributed by atoms with Crippen LogP contribution in [0.5, 0.6) is 0 Å². The molecule has 1 heterocycles. The molecule has 2 atom stereocenters. The Labute approximate surface area is 93.0 Å². The van der Waals surface area contributed by atoms with Gasteiger partial charge >= 0.3 is 0 Å². The highest BCUT2D eigenvalue weighted by Crippen LogP contribution is 2.22. The minimum Gasteiger partial charge on any atom is -0.341 e. The first-order valence-electron chi connectivity index (χ1n) is 6.16. The topological polar surface area (TPSA) is 46.3 Å². The van der Waals surface area contributed by atoms with Gasteiger partial charge in [0.25, 0.3) is 0 Å². The summed E-state index contributed by atoms with van der Waals surface area (Å²) in [4.78, 5) is 13.7. The second kappa shape index (κ2) is 6.11. The van der Waals surface area contributed by atoms with E-state index < -0.39 is 0 Å². The van der Waals surface area contributed by atoms with Gasteiger partial charge in [0.2, 0.25) is 5.91 Å². The number of carbonyl (C=O) groups excluding carboxylic acids is 1. The largest absolute Gasteiger partial charge is 0.341 e. The summed E-state index contributed by atoms with van der Waals surface area (Å²) in [7, 11) is 0. The first kappa shape index (κ1) is 12.5. The Morgan fingerprint density at radius 3 is 2.87 bits per heavy atom. The van der Waals surface area contributed by atoms with Gasteiger partial charge in [-0.25, -0.2) is 0 Å². The van der Waals surface area contributed by atoms with E-state index in [1.54, 1.807) is 0 Å². The van der Waals surface area contributed by atoms with Crippen molar-refractivity contribution >= 4 is 5.91 Å². The van der Waals surface area contributed by atoms with E-state index in [1.807, 2.05) is 11.8 Å². The summed E-state index contributed by atoms with van der Waals surface area (Å²) < 4.78 is 0. The van der Waals surface area contributed by atoms with Gasteiger partial charge in [0.05, 0.1) is 0 Å². The summed E-state index contributed by atoms with van der Waals surface area (Å²) in [5.74, 6) is 1.04. The molecular formula is C12H24N2O. The van der Waals surface area contributed by atoms with Gasteiger partial charge in [0, 0.05) is 25.6 Å². The molecule has 1 amide bonds. The van der Waals surface area contributed by atoms with Crippen LogP contribution in [0.1, 0.15) is 46.0 Å². The average molecular weight is 212 g/mol. The highest BCUT2D eigenvalue weighted by Gasteiger charge is 2.22. The number of nitrogens with two attached hydrogens (primary N) is 1. The van der Waals surface area contributed by atoms with E-state index in [9.17, 15) is 4.79 Å². The standard InChI is InChI=1S/C12H24N2O/c1-3-4-11-5-6-12(15)14(8-7-11)9-10(2)13/h10-11H,3-9,13H2,1-2H3. The van der Waals surface area contributed by atoms with Crippen molar-refractivity contribution < 1.29 is 4.79 Å². The minimum atomic E-state index is 0.0941. The molecule has 0 saturated carbocycles. The summed E-state index contributed by atoms with van der Waals surface area (Å²) in [6.07, 6.45) is 5.44. The summed E-state index contributed by atoms with van der Waals surface area (Å²) in [5, 5.41) is 0. The molecule has 0 aromatic heterocycles. The number of hydrogen-bond acceptors (Lipinski definition) is 2. The van der Waals surface area contributed by atoms with E-state index in [0.717, 1.165) is 38.3 Å². The Morgan fingerprint density at radius 1 is 1.53 bits per heavy atom. The van der Waals surface area contributed by atoms with Crippen LogP contribution in [0, 0.1) is 5.92 Å². The SMILES string of the molecule is CCCC1CCC(=O)N(CC(C)N)CC1. The lowest BCUT2D eigenvalue weighted by molar-refractivity contribution is -0.130. The van der Waals surface area contributed by atoms with Gasteiger partial charge in [0.15, 0.2) is 0 Å². The van der Waals surface area contributed by atoms with Gasteiger partial charge < -0.3 is 10.6 Å². The molecule has 0 aromatic carbocycles. The van der Waals surface area contributed by atoms with E-state index in [1.165, 1.54) is 12.8 Å². The van der Waals surface area contributed by atoms with Gasteiger partial charge in [-0.3, -0.25) is 4.79 Å². The first-order valence-corrected chi connectivity index (χ1v) is 6.16. The molecule has 1 aliphatic rings. The lowest BCUT2D eigenvalue weighted by Crippen LogP contribution is -2.39. The zero-order valence-corrected chi connectivity index (χ0v) is 10.0. The van der Waals surface area contributed by atoms with Crippen molar-refractivity contribution in [1.82, 2.24) is 4.90 Å². The smallest absolute Gasteiger partial charge is 0.222 e. The van der Waals surface area contributed by atoms with Gasteiger partial charge in [0.1, 0.15) is 0 Å². The third-order valence-electron chi connectivity index (χ3n) is 3.13. The molecule has 0 spiro atoms. The predicted octanol–water partition coefficient (Wildman–Crippen LogP) is 1.76. The maximum Gasteiger partial charge on any atom is 0.222 e. The average Bonchev–Trinajstić information content (AvgIpc) is 2.32. The van der Waals surface area contributed by atoms with Crippen LogP contribution >= 0.6 is 0 Å². The normalized spacial score (nSPS) is 25.1. The van der Waals surface area contributed by atoms with Crippen LogP contribution in [0.4, 0.5) is 0 Å². The fraction of sp³-hybridized carbons (Fsp3) is 0.917. The third-order valence-corrected chi connectivity index (χ3v) is 3.13. The Kier molecular flexibility index (Phi) is 5.09. The fourth-order valence-corrected chi connectivity index (χ4v) is 2.33. The molecule has 1 saturated heterocycles. The summed E-state index contributed by atoms with van der Waals surface area (Å²) in [6.45, 7) is 5.80. The van der Waals surface area contributed by atoms with Crippen LogP contribution < -0.4 is 5.73 Å². The Hall–Kier alpha value is -0.570. The molecule has 3 nitrogen and oxygen atoms in total. The Balaban J connectivity index is 2.44. The minimum absolute atomic E-state index is 0.0941. The highest BCUT2D eigenvalue weighted by atomic mass is 16.2. The second-order valence-corrected chi connectivity index (χ2v) is 4.80. The van der Waals surface area contributed by atoms with E-state index >= 15 is 0 Å². The molecule has 1 rings (SSSR count). The zero-order valence-electron chi connectivity index (χ0n) is 10.0. The predicted molar refractivity (Wildman–Crippen MR) is 62.5 cm³/mol. The molecule has 0 radical (unpaired) electrons. The highest BCUT2D eigenvalue weighted by molar-refractivity contribution is 5.76. The maximum atomic E-state index is 11.8. The van der Waals surface area contributed by atoms with Crippen molar-refractivity contribution in [1.29, 1.82) is 0 Å². The van der Waals surface area contributed by atoms with Gasteiger partial charge in [-0.2, -0.15) is 0 Å². The van der Waals surface area contributed by atoms with E-state index in [2.05, 4.69) is 6.92 Å². The quantitative estimate of drug-likeness (QED) is 0.772. The van der Waals surface area contributed by atoms with Crippen molar-refractivity contribution in [2.75, 3.05) is 13.1 Å². The molecule has 3 heteroatoms. The van der Waals surface area contributed by atoms with Crippen LogP contribution in [-0.2, 0) is 4.79 Å². The molecule has 1 fully saturated rings. The number of carbonyl (C=O) groups is 1. The Morgan fingerprint density at radius 2 is 2.27 bits per heavy atom. The lowest BCUT2D eigenvalue weighted by Gasteiger charge is -2.22. The van der Waals surface area contributed by atoms with E-state index in [4.69, 9.17) is 5.73 Å². The van der Waals surface area contributed by atoms with Gasteiger partial charge in [-0.05, 0) is 25.7 Å². The van der Waals surface area contributed by atoms with Crippen molar-refractivity contribution in [2.45, 2.75) is 52.0 Å². The van der Waals surface area contributed by atoms with Gasteiger partial charge in [-0.1, -0.05) is 19.8 Å². The second-order valence-electron chi connectivity index (χ2n) is 4.80. The number of amides is 1. The molecule has 15 heavy (non-hydrogen) atoms. The lowest BCUT2D eigenvalue weighted by atomic mass is 9.96. The Bertz CT molecular complexity index is 204. The van der Waals surface area contributed by atoms with Crippen molar-refractivity contribution in [3.63, 3.8) is 0 Å². The summed E-state index contributed by atoms with van der Waals surface area (Å²) in [5.41, 5.74) is 5.74. The third kappa shape index (κ3) is 4.20. The molecule has 2 unspecified atom stereocenters. The van der Waals surface area contributed by atoms with Crippen LogP contribution in [0.2, 0.25) is 0 Å². The van der Waals surface area contributed by atoms with Crippen molar-refractivity contribution in [3.05, 3.63) is 0 Å². The molecule has 1 aliphatic heterocycles. The number of rotatable bonds is 4. The van der Waals surface area contributed by atoms with E-state index in [0.29, 0.717) is 5.91 Å². The zero-order chi connectivity index (χ0) is 11.3. The molecule has 2 N–H and O–H groups in total. The summed E-state index contributed by atoms with van der Waals surface area (Å²) in [6, 6.07) is 0.0941. The van der Waals surface area contributed by atoms with Crippen molar-refractivity contribution in [2.24, 2.45) is 11.7 Å². The molecule has 0 aliphatic carbocycles. The number of likely N-dealkylation sites (tertiary alicyclic amines) is 1. The first-order chi connectivity index (χ1) is 7.13. The summed E-state index contributed by atoms with van der Waals surface area (Å²) >= 11 is 0. The van der Waals surface area contributed by atoms with Crippen LogP contribution in [0.3, 0.4) is 0 Å². The van der Waals surface area contributed by atoms with E-state index in [-0.39, 0.29) is 6.04 Å². The van der Waals surface area contributed by atoms with Crippen molar-refractivity contribution in [3.8, 4) is 0 Å². The molecule has 88 valence electrons. The maximum absolute atomic E-state index is 11.8. The number of hydrogen-bond donors (Lipinski definition) is 1. The molecule has 0 bridgehead atoms. The monoisotopic (exact) mass is 212 g/mol. The fourth-order valence-electron chi connectivity index (χ4n) is 2.33. The van der Waals surface area contributed by atoms with Gasteiger partial charge in [-0.15, -0.1) is 0 Å². The van der Waals surface area contributed by atoms with Crippen LogP contribution in [0.25, 0.3) is 0 Å². The number of nitrogens with zero attached hydrogens (tertiary/aromatic N) is 1. The van der Waals surface area contributed by atoms with Crippen LogP contribution in [-0.4, -0.2) is 29.9 Å².